The summed E-state index contributed by atoms with van der Waals surface area (Å²) in [6.07, 6.45) is 0.151. The molecule has 1 aromatic carbocycles. The van der Waals surface area contributed by atoms with Crippen molar-refractivity contribution in [2.24, 2.45) is 5.73 Å². The van der Waals surface area contributed by atoms with Crippen LogP contribution in [-0.2, 0) is 13.0 Å². The van der Waals surface area contributed by atoms with Crippen LogP contribution in [0.4, 0.5) is 4.39 Å². The lowest BCUT2D eigenvalue weighted by atomic mass is 10.1. The largest absolute Gasteiger partial charge is 0.457 e. The van der Waals surface area contributed by atoms with E-state index < -0.39 is 0 Å². The van der Waals surface area contributed by atoms with E-state index in [1.54, 1.807) is 18.2 Å². The van der Waals surface area contributed by atoms with Crippen LogP contribution < -0.4 is 5.73 Å². The Morgan fingerprint density at radius 3 is 2.72 bits per heavy atom. The molecule has 0 saturated heterocycles. The molecule has 3 nitrogen and oxygen atoms in total. The molecule has 2 aromatic rings. The summed E-state index contributed by atoms with van der Waals surface area (Å²) in [4.78, 5) is 11.9. The van der Waals surface area contributed by atoms with Gasteiger partial charge in [0.05, 0.1) is 6.54 Å². The molecule has 2 rings (SSSR count). The van der Waals surface area contributed by atoms with Crippen LogP contribution in [0.5, 0.6) is 0 Å². The summed E-state index contributed by atoms with van der Waals surface area (Å²) in [5, 5.41) is 0. The number of benzene rings is 1. The quantitative estimate of drug-likeness (QED) is 0.883. The average Bonchev–Trinajstić information content (AvgIpc) is 2.81. The third kappa shape index (κ3) is 2.86. The summed E-state index contributed by atoms with van der Waals surface area (Å²) in [6, 6.07) is 7.50. The van der Waals surface area contributed by atoms with Crippen LogP contribution in [0, 0.1) is 5.82 Å². The van der Waals surface area contributed by atoms with Gasteiger partial charge in [0, 0.05) is 10.9 Å². The Bertz CT molecular complexity index is 580. The van der Waals surface area contributed by atoms with E-state index in [-0.39, 0.29) is 30.3 Å². The van der Waals surface area contributed by atoms with Crippen molar-refractivity contribution in [3.8, 4) is 0 Å². The van der Waals surface area contributed by atoms with Crippen LogP contribution in [0.2, 0.25) is 0 Å². The Kier molecular flexibility index (Phi) is 3.93. The van der Waals surface area contributed by atoms with Gasteiger partial charge in [-0.1, -0.05) is 22.0 Å². The van der Waals surface area contributed by atoms with Crippen molar-refractivity contribution in [1.29, 1.82) is 0 Å². The zero-order chi connectivity index (χ0) is 13.1. The fraction of sp³-hybridized carbons (Fsp3) is 0.154. The molecule has 94 valence electrons. The number of furan rings is 1. The van der Waals surface area contributed by atoms with Gasteiger partial charge >= 0.3 is 0 Å². The molecule has 18 heavy (non-hydrogen) atoms. The first-order valence-corrected chi connectivity index (χ1v) is 6.15. The van der Waals surface area contributed by atoms with E-state index in [1.807, 2.05) is 0 Å². The Hall–Kier alpha value is -1.46. The Balaban J connectivity index is 2.16. The zero-order valence-corrected chi connectivity index (χ0v) is 11.0. The van der Waals surface area contributed by atoms with Gasteiger partial charge in [-0.2, -0.15) is 0 Å². The lowest BCUT2D eigenvalue weighted by Gasteiger charge is -2.02. The third-order valence-corrected chi connectivity index (χ3v) is 3.24. The third-order valence-electron chi connectivity index (χ3n) is 2.50. The Morgan fingerprint density at radius 1 is 1.33 bits per heavy atom. The van der Waals surface area contributed by atoms with Gasteiger partial charge in [-0.05, 0) is 29.8 Å². The number of carbonyl (C=O) groups excluding carboxylic acids is 1. The van der Waals surface area contributed by atoms with E-state index >= 15 is 0 Å². The van der Waals surface area contributed by atoms with Crippen molar-refractivity contribution in [2.75, 3.05) is 0 Å². The molecule has 0 fully saturated rings. The van der Waals surface area contributed by atoms with Crippen molar-refractivity contribution in [1.82, 2.24) is 0 Å². The highest BCUT2D eigenvalue weighted by molar-refractivity contribution is 9.10. The maximum Gasteiger partial charge on any atom is 0.202 e. The molecule has 0 aliphatic heterocycles. The van der Waals surface area contributed by atoms with Crippen LogP contribution in [0.1, 0.15) is 21.9 Å². The summed E-state index contributed by atoms with van der Waals surface area (Å²) >= 11 is 3.22. The van der Waals surface area contributed by atoms with Gasteiger partial charge < -0.3 is 10.2 Å². The highest BCUT2D eigenvalue weighted by atomic mass is 79.9. The summed E-state index contributed by atoms with van der Waals surface area (Å²) < 4.78 is 18.7. The second kappa shape index (κ2) is 5.46. The van der Waals surface area contributed by atoms with E-state index in [0.29, 0.717) is 15.8 Å². The number of halogens is 2. The van der Waals surface area contributed by atoms with Crippen LogP contribution in [0.25, 0.3) is 0 Å². The van der Waals surface area contributed by atoms with Crippen LogP contribution in [0.15, 0.2) is 39.2 Å². The van der Waals surface area contributed by atoms with Crippen molar-refractivity contribution >= 4 is 21.7 Å². The second-order valence-corrected chi connectivity index (χ2v) is 4.66. The molecule has 0 amide bonds. The molecule has 0 aliphatic rings. The first-order valence-electron chi connectivity index (χ1n) is 5.36. The predicted octanol–water partition coefficient (Wildman–Crippen LogP) is 3.07. The minimum atomic E-state index is -0.346. The van der Waals surface area contributed by atoms with Crippen molar-refractivity contribution in [3.63, 3.8) is 0 Å². The molecule has 2 N–H and O–H groups in total. The predicted molar refractivity (Wildman–Crippen MR) is 68.7 cm³/mol. The van der Waals surface area contributed by atoms with E-state index in [4.69, 9.17) is 10.2 Å². The van der Waals surface area contributed by atoms with Gasteiger partial charge in [-0.15, -0.1) is 0 Å². The first kappa shape index (κ1) is 13.0. The molecule has 0 saturated carbocycles. The average molecular weight is 312 g/mol. The maximum absolute atomic E-state index is 12.9. The lowest BCUT2D eigenvalue weighted by Crippen LogP contribution is -2.03. The monoisotopic (exact) mass is 311 g/mol. The van der Waals surface area contributed by atoms with E-state index in [9.17, 15) is 9.18 Å². The van der Waals surface area contributed by atoms with Gasteiger partial charge in [0.2, 0.25) is 5.78 Å². The number of hydrogen-bond donors (Lipinski definition) is 1. The zero-order valence-electron chi connectivity index (χ0n) is 9.45. The van der Waals surface area contributed by atoms with Crippen LogP contribution in [-0.4, -0.2) is 5.78 Å². The first-order chi connectivity index (χ1) is 8.60. The lowest BCUT2D eigenvalue weighted by molar-refractivity contribution is 0.0964. The number of ketones is 1. The maximum atomic E-state index is 12.9. The number of rotatable bonds is 4. The summed E-state index contributed by atoms with van der Waals surface area (Å²) in [5.41, 5.74) is 6.12. The standard InChI is InChI=1S/C13H11BrFNO2/c14-11-6-9(15)2-1-8(11)5-12(17)13-4-3-10(7-16)18-13/h1-4,6H,5,7,16H2. The van der Waals surface area contributed by atoms with Crippen molar-refractivity contribution in [3.05, 3.63) is 57.7 Å². The summed E-state index contributed by atoms with van der Waals surface area (Å²) in [7, 11) is 0. The van der Waals surface area contributed by atoms with Crippen molar-refractivity contribution in [2.45, 2.75) is 13.0 Å². The molecule has 0 atom stereocenters. The minimum Gasteiger partial charge on any atom is -0.457 e. The highest BCUT2D eigenvalue weighted by Gasteiger charge is 2.13. The second-order valence-electron chi connectivity index (χ2n) is 3.81. The SMILES string of the molecule is NCc1ccc(C(=O)Cc2ccc(F)cc2Br)o1. The molecular weight excluding hydrogens is 301 g/mol. The van der Waals surface area contributed by atoms with Gasteiger partial charge in [0.25, 0.3) is 0 Å². The smallest absolute Gasteiger partial charge is 0.202 e. The van der Waals surface area contributed by atoms with Crippen LogP contribution in [0.3, 0.4) is 0 Å². The molecule has 0 unspecified atom stereocenters. The molecule has 0 bridgehead atoms. The van der Waals surface area contributed by atoms with Gasteiger partial charge in [-0.3, -0.25) is 4.79 Å². The van der Waals surface area contributed by atoms with E-state index in [0.717, 1.165) is 0 Å². The number of nitrogens with two attached hydrogens (primary N) is 1. The van der Waals surface area contributed by atoms with Gasteiger partial charge in [0.15, 0.2) is 5.76 Å². The molecule has 5 heteroatoms. The van der Waals surface area contributed by atoms with Gasteiger partial charge in [-0.25, -0.2) is 4.39 Å². The molecular formula is C13H11BrFNO2. The van der Waals surface area contributed by atoms with Gasteiger partial charge in [0.1, 0.15) is 11.6 Å². The molecule has 0 radical (unpaired) electrons. The fourth-order valence-corrected chi connectivity index (χ4v) is 2.05. The highest BCUT2D eigenvalue weighted by Crippen LogP contribution is 2.20. The summed E-state index contributed by atoms with van der Waals surface area (Å²) in [6.45, 7) is 0.257. The fourth-order valence-electron chi connectivity index (χ4n) is 1.56. The molecule has 0 spiro atoms. The van der Waals surface area contributed by atoms with E-state index in [1.165, 1.54) is 12.1 Å². The summed E-state index contributed by atoms with van der Waals surface area (Å²) in [5.74, 6) is 0.326. The normalized spacial score (nSPS) is 10.6. The molecule has 1 aromatic heterocycles. The van der Waals surface area contributed by atoms with Crippen molar-refractivity contribution < 1.29 is 13.6 Å². The van der Waals surface area contributed by atoms with E-state index in [2.05, 4.69) is 15.9 Å². The number of Topliss-reactive ketones (excluding diaryl/α,β-unsaturated/α-hetero) is 1. The number of hydrogen-bond acceptors (Lipinski definition) is 3. The topological polar surface area (TPSA) is 56.2 Å². The molecule has 1 heterocycles. The van der Waals surface area contributed by atoms with Crippen LogP contribution >= 0.6 is 15.9 Å². The minimum absolute atomic E-state index is 0.151. The number of carbonyl (C=O) groups is 1. The molecule has 0 aliphatic carbocycles. The Morgan fingerprint density at radius 2 is 2.11 bits per heavy atom. The Labute approximate surface area is 112 Å².